The van der Waals surface area contributed by atoms with Crippen LogP contribution in [0, 0.1) is 6.92 Å². The molecule has 0 bridgehead atoms. The van der Waals surface area contributed by atoms with Gasteiger partial charge in [-0.15, -0.1) is 11.3 Å². The van der Waals surface area contributed by atoms with Gasteiger partial charge in [0.2, 0.25) is 0 Å². The van der Waals surface area contributed by atoms with Gasteiger partial charge in [0.1, 0.15) is 10.8 Å². The van der Waals surface area contributed by atoms with Crippen LogP contribution >= 0.6 is 22.7 Å². The van der Waals surface area contributed by atoms with Crippen LogP contribution in [0.25, 0.3) is 10.6 Å². The number of rotatable bonds is 5. The fourth-order valence-electron chi connectivity index (χ4n) is 1.75. The normalized spacial score (nSPS) is 12.7. The van der Waals surface area contributed by atoms with E-state index in [1.807, 2.05) is 29.8 Å². The van der Waals surface area contributed by atoms with Crippen LogP contribution < -0.4 is 0 Å². The topological polar surface area (TPSA) is 56.0 Å². The Morgan fingerprint density at radius 1 is 1.35 bits per heavy atom. The number of hydrogen-bond acceptors (Lipinski definition) is 6. The van der Waals surface area contributed by atoms with Crippen LogP contribution in [-0.4, -0.2) is 14.3 Å². The smallest absolute Gasteiger partial charge is 0.149 e. The van der Waals surface area contributed by atoms with Crippen LogP contribution in [0.2, 0.25) is 0 Å². The molecule has 0 aliphatic rings. The molecule has 0 aliphatic carbocycles. The first-order valence-electron chi connectivity index (χ1n) is 5.95. The largest absolute Gasteiger partial charge is 0.360 e. The van der Waals surface area contributed by atoms with E-state index in [1.54, 1.807) is 22.7 Å². The molecule has 0 unspecified atom stereocenters. The second-order valence-corrected chi connectivity index (χ2v) is 7.41. The molecular formula is C13H12N2O2S3. The van der Waals surface area contributed by atoms with E-state index in [1.165, 1.54) is 0 Å². The van der Waals surface area contributed by atoms with Crippen LogP contribution in [0.1, 0.15) is 17.1 Å². The van der Waals surface area contributed by atoms with Crippen LogP contribution in [0.3, 0.4) is 0 Å². The lowest BCUT2D eigenvalue weighted by atomic mass is 10.4. The van der Waals surface area contributed by atoms with Crippen molar-refractivity contribution in [3.8, 4) is 10.6 Å². The third-order valence-electron chi connectivity index (χ3n) is 2.61. The number of aromatic nitrogens is 2. The van der Waals surface area contributed by atoms with Gasteiger partial charge in [-0.1, -0.05) is 5.16 Å². The highest BCUT2D eigenvalue weighted by Gasteiger charge is 2.11. The van der Waals surface area contributed by atoms with E-state index in [-0.39, 0.29) is 0 Å². The first-order chi connectivity index (χ1) is 9.70. The standard InChI is InChI=1S/C13H12N2O2S3/c1-9-4-12(17-15-9)8-20(16)7-11-6-19-13(14-11)10-2-3-18-5-10/h2-6H,7-8H2,1H3/t20-/m1/s1. The molecule has 3 aromatic heterocycles. The SMILES string of the molecule is Cc1cc(C[S@](=O)Cc2csc(-c3ccsc3)n2)on1. The summed E-state index contributed by atoms with van der Waals surface area (Å²) in [5.41, 5.74) is 2.80. The zero-order chi connectivity index (χ0) is 13.9. The molecule has 20 heavy (non-hydrogen) atoms. The number of thiazole rings is 1. The molecule has 0 amide bonds. The highest BCUT2D eigenvalue weighted by molar-refractivity contribution is 7.83. The van der Waals surface area contributed by atoms with E-state index in [0.717, 1.165) is 22.0 Å². The van der Waals surface area contributed by atoms with Crippen molar-refractivity contribution in [1.29, 1.82) is 0 Å². The van der Waals surface area contributed by atoms with Gasteiger partial charge in [-0.2, -0.15) is 11.3 Å². The maximum absolute atomic E-state index is 12.1. The predicted molar refractivity (Wildman–Crippen MR) is 82.2 cm³/mol. The van der Waals surface area contributed by atoms with Crippen molar-refractivity contribution in [1.82, 2.24) is 10.1 Å². The van der Waals surface area contributed by atoms with Crippen molar-refractivity contribution in [3.63, 3.8) is 0 Å². The highest BCUT2D eigenvalue weighted by atomic mass is 32.2. The third kappa shape index (κ3) is 3.23. The average Bonchev–Trinajstić information content (AvgIpc) is 3.10. The molecule has 1 atom stereocenters. The Morgan fingerprint density at radius 3 is 2.95 bits per heavy atom. The van der Waals surface area contributed by atoms with Gasteiger partial charge in [-0.25, -0.2) is 4.98 Å². The molecule has 0 radical (unpaired) electrons. The summed E-state index contributed by atoms with van der Waals surface area (Å²) in [6.45, 7) is 1.85. The maximum Gasteiger partial charge on any atom is 0.149 e. The number of aryl methyl sites for hydroxylation is 1. The number of thiophene rings is 1. The van der Waals surface area contributed by atoms with Crippen molar-refractivity contribution in [2.75, 3.05) is 0 Å². The summed E-state index contributed by atoms with van der Waals surface area (Å²) < 4.78 is 17.2. The molecule has 0 fully saturated rings. The van der Waals surface area contributed by atoms with Crippen molar-refractivity contribution in [2.24, 2.45) is 0 Å². The first kappa shape index (κ1) is 13.7. The minimum Gasteiger partial charge on any atom is -0.360 e. The fraction of sp³-hybridized carbons (Fsp3) is 0.231. The Bertz CT molecular complexity index is 716. The van der Waals surface area contributed by atoms with Crippen LogP contribution in [-0.2, 0) is 22.3 Å². The first-order valence-corrected chi connectivity index (χ1v) is 9.26. The lowest BCUT2D eigenvalue weighted by Crippen LogP contribution is -1.99. The lowest BCUT2D eigenvalue weighted by molar-refractivity contribution is 0.390. The quantitative estimate of drug-likeness (QED) is 0.719. The summed E-state index contributed by atoms with van der Waals surface area (Å²) in [5.74, 6) is 1.49. The third-order valence-corrected chi connectivity index (χ3v) is 5.46. The molecule has 7 heteroatoms. The average molecular weight is 324 g/mol. The minimum atomic E-state index is -1.03. The Balaban J connectivity index is 1.64. The van der Waals surface area contributed by atoms with E-state index in [9.17, 15) is 4.21 Å². The summed E-state index contributed by atoms with van der Waals surface area (Å²) in [6, 6.07) is 3.86. The van der Waals surface area contributed by atoms with E-state index < -0.39 is 10.8 Å². The van der Waals surface area contributed by atoms with E-state index >= 15 is 0 Å². The highest BCUT2D eigenvalue weighted by Crippen LogP contribution is 2.26. The van der Waals surface area contributed by atoms with Crippen molar-refractivity contribution >= 4 is 33.5 Å². The molecule has 0 aromatic carbocycles. The monoisotopic (exact) mass is 324 g/mol. The Hall–Kier alpha value is -1.31. The second kappa shape index (κ2) is 5.99. The van der Waals surface area contributed by atoms with Gasteiger partial charge < -0.3 is 4.52 Å². The molecule has 0 aliphatic heterocycles. The van der Waals surface area contributed by atoms with Crippen LogP contribution in [0.15, 0.2) is 32.8 Å². The van der Waals surface area contributed by atoms with Gasteiger partial charge >= 0.3 is 0 Å². The summed E-state index contributed by atoms with van der Waals surface area (Å²) in [7, 11) is -1.03. The summed E-state index contributed by atoms with van der Waals surface area (Å²) in [6.07, 6.45) is 0. The number of nitrogens with zero attached hydrogens (tertiary/aromatic N) is 2. The molecule has 104 valence electrons. The molecule has 4 nitrogen and oxygen atoms in total. The van der Waals surface area contributed by atoms with Gasteiger partial charge in [-0.05, 0) is 18.4 Å². The van der Waals surface area contributed by atoms with Crippen LogP contribution in [0.4, 0.5) is 0 Å². The Labute approximate surface area is 126 Å². The second-order valence-electron chi connectivity index (χ2n) is 4.32. The Kier molecular flexibility index (Phi) is 4.09. The van der Waals surface area contributed by atoms with Gasteiger partial charge in [0.25, 0.3) is 0 Å². The van der Waals surface area contributed by atoms with E-state index in [4.69, 9.17) is 4.52 Å². The van der Waals surface area contributed by atoms with Crippen molar-refractivity contribution in [3.05, 3.63) is 45.4 Å². The van der Waals surface area contributed by atoms with Gasteiger partial charge in [0.15, 0.2) is 0 Å². The van der Waals surface area contributed by atoms with Gasteiger partial charge in [0.05, 0.1) is 22.9 Å². The zero-order valence-electron chi connectivity index (χ0n) is 10.7. The molecule has 3 aromatic rings. The van der Waals surface area contributed by atoms with Crippen molar-refractivity contribution < 1.29 is 8.73 Å². The summed E-state index contributed by atoms with van der Waals surface area (Å²) in [5, 5.41) is 10.8. The van der Waals surface area contributed by atoms with E-state index in [2.05, 4.69) is 15.5 Å². The zero-order valence-corrected chi connectivity index (χ0v) is 13.2. The van der Waals surface area contributed by atoms with Crippen LogP contribution in [0.5, 0.6) is 0 Å². The fourth-order valence-corrected chi connectivity index (χ4v) is 4.42. The molecule has 3 rings (SSSR count). The molecule has 0 N–H and O–H groups in total. The molecular weight excluding hydrogens is 312 g/mol. The van der Waals surface area contributed by atoms with Crippen molar-refractivity contribution in [2.45, 2.75) is 18.4 Å². The Morgan fingerprint density at radius 2 is 2.25 bits per heavy atom. The molecule has 0 saturated carbocycles. The molecule has 0 saturated heterocycles. The lowest BCUT2D eigenvalue weighted by Gasteiger charge is -1.96. The van der Waals surface area contributed by atoms with Gasteiger partial charge in [0, 0.05) is 33.2 Å². The number of hydrogen-bond donors (Lipinski definition) is 0. The summed E-state index contributed by atoms with van der Waals surface area (Å²) in [4.78, 5) is 4.53. The minimum absolute atomic E-state index is 0.381. The predicted octanol–water partition coefficient (Wildman–Crippen LogP) is 3.62. The molecule has 0 spiro atoms. The molecule has 3 heterocycles. The van der Waals surface area contributed by atoms with Gasteiger partial charge in [-0.3, -0.25) is 4.21 Å². The van der Waals surface area contributed by atoms with E-state index in [0.29, 0.717) is 17.3 Å². The maximum atomic E-state index is 12.1. The summed E-state index contributed by atoms with van der Waals surface area (Å²) >= 11 is 3.23.